The number of aromatic nitrogens is 5. The molecule has 0 bridgehead atoms. The van der Waals surface area contributed by atoms with E-state index < -0.39 is 0 Å². The van der Waals surface area contributed by atoms with Crippen LogP contribution < -0.4 is 4.90 Å². The van der Waals surface area contributed by atoms with Gasteiger partial charge in [-0.1, -0.05) is 0 Å². The van der Waals surface area contributed by atoms with E-state index in [9.17, 15) is 0 Å². The van der Waals surface area contributed by atoms with E-state index in [4.69, 9.17) is 5.11 Å². The van der Waals surface area contributed by atoms with Crippen LogP contribution in [0, 0.1) is 0 Å². The van der Waals surface area contributed by atoms with Gasteiger partial charge in [-0.2, -0.15) is 10.1 Å². The lowest BCUT2D eigenvalue weighted by atomic mass is 10.5. The van der Waals surface area contributed by atoms with Crippen molar-refractivity contribution in [2.45, 2.75) is 6.92 Å². The van der Waals surface area contributed by atoms with Crippen molar-refractivity contribution >= 4 is 5.95 Å². The lowest BCUT2D eigenvalue weighted by Gasteiger charge is -2.19. The molecule has 0 atom stereocenters. The molecule has 0 amide bonds. The Morgan fingerprint density at radius 2 is 2.35 bits per heavy atom. The van der Waals surface area contributed by atoms with E-state index in [2.05, 4.69) is 20.1 Å². The second kappa shape index (κ2) is 5.35. The average Bonchev–Trinajstić information content (AvgIpc) is 2.90. The topological polar surface area (TPSA) is 80.0 Å². The van der Waals surface area contributed by atoms with Crippen LogP contribution in [0.3, 0.4) is 0 Å². The Balaban J connectivity index is 2.27. The minimum absolute atomic E-state index is 0.0742. The fraction of sp³-hybridized carbons (Fsp3) is 0.400. The van der Waals surface area contributed by atoms with Gasteiger partial charge in [0.05, 0.1) is 6.61 Å². The molecule has 2 heterocycles. The van der Waals surface area contributed by atoms with Crippen LogP contribution in [0.5, 0.6) is 0 Å². The number of hydrogen-bond donors (Lipinski definition) is 1. The first-order chi connectivity index (χ1) is 8.35. The van der Waals surface area contributed by atoms with Gasteiger partial charge < -0.3 is 10.0 Å². The zero-order chi connectivity index (χ0) is 12.1. The zero-order valence-electron chi connectivity index (χ0n) is 9.56. The first-order valence-electron chi connectivity index (χ1n) is 5.39. The highest BCUT2D eigenvalue weighted by Gasteiger charge is 2.08. The quantitative estimate of drug-likeness (QED) is 0.776. The fourth-order valence-corrected chi connectivity index (χ4v) is 1.47. The summed E-state index contributed by atoms with van der Waals surface area (Å²) < 4.78 is 1.57. The SMILES string of the molecule is CCN(CCO)c1nccc(-n2cncn2)n1. The highest BCUT2D eigenvalue weighted by atomic mass is 16.3. The highest BCUT2D eigenvalue weighted by molar-refractivity contribution is 5.34. The lowest BCUT2D eigenvalue weighted by Crippen LogP contribution is -2.28. The minimum atomic E-state index is 0.0742. The van der Waals surface area contributed by atoms with Gasteiger partial charge in [0.25, 0.3) is 0 Å². The van der Waals surface area contributed by atoms with E-state index in [1.54, 1.807) is 23.3 Å². The third-order valence-electron chi connectivity index (χ3n) is 2.32. The first kappa shape index (κ1) is 11.5. The van der Waals surface area contributed by atoms with Crippen LogP contribution in [0.15, 0.2) is 24.9 Å². The maximum atomic E-state index is 8.96. The van der Waals surface area contributed by atoms with E-state index in [1.165, 1.54) is 6.33 Å². The Labute approximate surface area is 98.8 Å². The van der Waals surface area contributed by atoms with Gasteiger partial charge in [0, 0.05) is 25.4 Å². The molecule has 0 radical (unpaired) electrons. The molecule has 90 valence electrons. The van der Waals surface area contributed by atoms with Crippen molar-refractivity contribution in [2.75, 3.05) is 24.6 Å². The maximum absolute atomic E-state index is 8.96. The summed E-state index contributed by atoms with van der Waals surface area (Å²) in [6.45, 7) is 3.31. The highest BCUT2D eigenvalue weighted by Crippen LogP contribution is 2.09. The Morgan fingerprint density at radius 3 is 3.00 bits per heavy atom. The molecule has 2 rings (SSSR count). The molecule has 0 aliphatic carbocycles. The predicted octanol–water partition coefficient (Wildman–Crippen LogP) is -0.124. The molecular formula is C10H14N6O. The molecule has 0 saturated carbocycles. The van der Waals surface area contributed by atoms with Crippen LogP contribution in [0.4, 0.5) is 5.95 Å². The molecule has 0 saturated heterocycles. The van der Waals surface area contributed by atoms with E-state index in [-0.39, 0.29) is 6.61 Å². The van der Waals surface area contributed by atoms with Gasteiger partial charge >= 0.3 is 0 Å². The van der Waals surface area contributed by atoms with Crippen molar-refractivity contribution < 1.29 is 5.11 Å². The van der Waals surface area contributed by atoms with Gasteiger partial charge in [0.15, 0.2) is 5.82 Å². The summed E-state index contributed by atoms with van der Waals surface area (Å²) >= 11 is 0. The van der Waals surface area contributed by atoms with Crippen molar-refractivity contribution in [3.63, 3.8) is 0 Å². The van der Waals surface area contributed by atoms with Crippen LogP contribution in [-0.2, 0) is 0 Å². The van der Waals surface area contributed by atoms with Crippen molar-refractivity contribution in [3.8, 4) is 5.82 Å². The number of aliphatic hydroxyl groups excluding tert-OH is 1. The predicted molar refractivity (Wildman–Crippen MR) is 61.9 cm³/mol. The number of hydrogen-bond acceptors (Lipinski definition) is 6. The Kier molecular flexibility index (Phi) is 3.61. The monoisotopic (exact) mass is 234 g/mol. The van der Waals surface area contributed by atoms with Crippen LogP contribution in [0.25, 0.3) is 5.82 Å². The molecule has 0 spiro atoms. The summed E-state index contributed by atoms with van der Waals surface area (Å²) in [6.07, 6.45) is 4.70. The molecule has 1 N–H and O–H groups in total. The third-order valence-corrected chi connectivity index (χ3v) is 2.32. The van der Waals surface area contributed by atoms with Gasteiger partial charge in [-0.3, -0.25) is 0 Å². The fourth-order valence-electron chi connectivity index (χ4n) is 1.47. The second-order valence-electron chi connectivity index (χ2n) is 3.36. The van der Waals surface area contributed by atoms with Gasteiger partial charge in [-0.05, 0) is 6.92 Å². The number of nitrogens with zero attached hydrogens (tertiary/aromatic N) is 6. The first-order valence-corrected chi connectivity index (χ1v) is 5.39. The van der Waals surface area contributed by atoms with Crippen LogP contribution in [0.1, 0.15) is 6.92 Å². The molecule has 7 heteroatoms. The van der Waals surface area contributed by atoms with Gasteiger partial charge in [-0.15, -0.1) is 0 Å². The van der Waals surface area contributed by atoms with Gasteiger partial charge in [0.2, 0.25) is 5.95 Å². The summed E-state index contributed by atoms with van der Waals surface area (Å²) in [6, 6.07) is 1.75. The molecule has 7 nitrogen and oxygen atoms in total. The summed E-state index contributed by atoms with van der Waals surface area (Å²) in [4.78, 5) is 14.3. The van der Waals surface area contributed by atoms with E-state index in [0.717, 1.165) is 6.54 Å². The molecule has 0 unspecified atom stereocenters. The number of rotatable bonds is 5. The smallest absolute Gasteiger partial charge is 0.227 e. The third kappa shape index (κ3) is 2.56. The van der Waals surface area contributed by atoms with Crippen LogP contribution in [0.2, 0.25) is 0 Å². The Hall–Kier alpha value is -2.02. The minimum Gasteiger partial charge on any atom is -0.395 e. The van der Waals surface area contributed by atoms with Crippen LogP contribution in [-0.4, -0.2) is 49.5 Å². The molecular weight excluding hydrogens is 220 g/mol. The summed E-state index contributed by atoms with van der Waals surface area (Å²) in [5.41, 5.74) is 0. The van der Waals surface area contributed by atoms with E-state index in [0.29, 0.717) is 18.3 Å². The lowest BCUT2D eigenvalue weighted by molar-refractivity contribution is 0.301. The van der Waals surface area contributed by atoms with Crippen molar-refractivity contribution in [2.24, 2.45) is 0 Å². The largest absolute Gasteiger partial charge is 0.395 e. The molecule has 0 aromatic carbocycles. The average molecular weight is 234 g/mol. The summed E-state index contributed by atoms with van der Waals surface area (Å²) in [5, 5.41) is 13.0. The molecule has 2 aromatic rings. The molecule has 0 fully saturated rings. The molecule has 0 aliphatic rings. The Morgan fingerprint density at radius 1 is 1.47 bits per heavy atom. The van der Waals surface area contributed by atoms with Crippen molar-refractivity contribution in [3.05, 3.63) is 24.9 Å². The van der Waals surface area contributed by atoms with Gasteiger partial charge in [0.1, 0.15) is 12.7 Å². The van der Waals surface area contributed by atoms with E-state index >= 15 is 0 Å². The molecule has 17 heavy (non-hydrogen) atoms. The standard InChI is InChI=1S/C10H14N6O/c1-2-15(5-6-17)10-12-4-3-9(14-10)16-8-11-7-13-16/h3-4,7-8,17H,2,5-6H2,1H3. The van der Waals surface area contributed by atoms with E-state index in [1.807, 2.05) is 11.8 Å². The molecule has 2 aromatic heterocycles. The summed E-state index contributed by atoms with van der Waals surface area (Å²) in [7, 11) is 0. The van der Waals surface area contributed by atoms with Crippen LogP contribution >= 0.6 is 0 Å². The number of likely N-dealkylation sites (N-methyl/N-ethyl adjacent to an activating group) is 1. The Bertz CT molecular complexity index is 458. The van der Waals surface area contributed by atoms with Crippen molar-refractivity contribution in [1.29, 1.82) is 0 Å². The van der Waals surface area contributed by atoms with Gasteiger partial charge in [-0.25, -0.2) is 14.6 Å². The number of anilines is 1. The van der Waals surface area contributed by atoms with Crippen molar-refractivity contribution in [1.82, 2.24) is 24.7 Å². The molecule has 0 aliphatic heterocycles. The number of aliphatic hydroxyl groups is 1. The zero-order valence-corrected chi connectivity index (χ0v) is 9.56. The second-order valence-corrected chi connectivity index (χ2v) is 3.36. The maximum Gasteiger partial charge on any atom is 0.227 e. The normalized spacial score (nSPS) is 10.5. The summed E-state index contributed by atoms with van der Waals surface area (Å²) in [5.74, 6) is 1.23.